The van der Waals surface area contributed by atoms with Crippen LogP contribution in [0.1, 0.15) is 23.7 Å². The Balaban J connectivity index is 2.76. The van der Waals surface area contributed by atoms with Crippen LogP contribution in [-0.2, 0) is 0 Å². The Morgan fingerprint density at radius 3 is 2.62 bits per heavy atom. The molecule has 0 radical (unpaired) electrons. The maximum atomic E-state index is 11.7. The van der Waals surface area contributed by atoms with Crippen molar-refractivity contribution >= 4 is 29.1 Å². The molecule has 0 saturated heterocycles. The van der Waals surface area contributed by atoms with E-state index in [1.165, 1.54) is 6.07 Å². The molecule has 88 valence electrons. The van der Waals surface area contributed by atoms with Crippen LogP contribution in [0, 0.1) is 0 Å². The molecule has 1 amide bonds. The van der Waals surface area contributed by atoms with Gasteiger partial charge in [0.05, 0.1) is 22.7 Å². The van der Waals surface area contributed by atoms with E-state index >= 15 is 0 Å². The molecule has 0 bridgehead atoms. The molecule has 0 saturated carbocycles. The third-order valence-corrected chi connectivity index (χ3v) is 2.97. The van der Waals surface area contributed by atoms with Gasteiger partial charge in [0.1, 0.15) is 0 Å². The number of rotatable bonds is 4. The molecule has 0 fully saturated rings. The van der Waals surface area contributed by atoms with E-state index < -0.39 is 0 Å². The van der Waals surface area contributed by atoms with Crippen molar-refractivity contribution in [2.75, 3.05) is 6.61 Å². The van der Waals surface area contributed by atoms with Crippen LogP contribution in [0.25, 0.3) is 0 Å². The summed E-state index contributed by atoms with van der Waals surface area (Å²) in [6.07, 6.45) is 0.670. The Morgan fingerprint density at radius 1 is 1.44 bits per heavy atom. The number of aliphatic hydroxyl groups excluding tert-OH is 1. The van der Waals surface area contributed by atoms with Gasteiger partial charge in [-0.15, -0.1) is 0 Å². The molecule has 0 aromatic heterocycles. The van der Waals surface area contributed by atoms with Crippen LogP contribution in [-0.4, -0.2) is 23.7 Å². The van der Waals surface area contributed by atoms with Crippen LogP contribution < -0.4 is 5.32 Å². The average molecular weight is 262 g/mol. The van der Waals surface area contributed by atoms with E-state index in [0.717, 1.165) is 0 Å². The summed E-state index contributed by atoms with van der Waals surface area (Å²) in [6.45, 7) is 1.81. The van der Waals surface area contributed by atoms with Gasteiger partial charge in [0.15, 0.2) is 0 Å². The molecule has 5 heteroatoms. The predicted molar refractivity (Wildman–Crippen MR) is 65.1 cm³/mol. The SMILES string of the molecule is CC[C@H](CO)NC(=O)c1ccc(Cl)c(Cl)c1. The Labute approximate surface area is 104 Å². The Bertz CT molecular complexity index is 378. The lowest BCUT2D eigenvalue weighted by Crippen LogP contribution is -2.36. The number of halogens is 2. The number of hydrogen-bond donors (Lipinski definition) is 2. The molecule has 0 aliphatic heterocycles. The second kappa shape index (κ2) is 6.09. The van der Waals surface area contributed by atoms with Crippen molar-refractivity contribution in [2.45, 2.75) is 19.4 Å². The normalized spacial score (nSPS) is 12.2. The van der Waals surface area contributed by atoms with Crippen molar-refractivity contribution in [2.24, 2.45) is 0 Å². The molecule has 1 aromatic rings. The second-order valence-corrected chi connectivity index (χ2v) is 4.20. The summed E-state index contributed by atoms with van der Waals surface area (Å²) < 4.78 is 0. The summed E-state index contributed by atoms with van der Waals surface area (Å²) in [4.78, 5) is 11.7. The number of carbonyl (C=O) groups is 1. The van der Waals surface area contributed by atoms with E-state index in [-0.39, 0.29) is 18.6 Å². The topological polar surface area (TPSA) is 49.3 Å². The maximum Gasteiger partial charge on any atom is 0.251 e. The van der Waals surface area contributed by atoms with Crippen LogP contribution in [0.2, 0.25) is 10.0 Å². The first kappa shape index (κ1) is 13.3. The van der Waals surface area contributed by atoms with Crippen molar-refractivity contribution in [1.29, 1.82) is 0 Å². The number of benzene rings is 1. The number of carbonyl (C=O) groups excluding carboxylic acids is 1. The lowest BCUT2D eigenvalue weighted by Gasteiger charge is -2.14. The van der Waals surface area contributed by atoms with Crippen LogP contribution in [0.5, 0.6) is 0 Å². The predicted octanol–water partition coefficient (Wildman–Crippen LogP) is 2.49. The van der Waals surface area contributed by atoms with E-state index in [9.17, 15) is 4.79 Å². The molecule has 16 heavy (non-hydrogen) atoms. The summed E-state index contributed by atoms with van der Waals surface area (Å²) >= 11 is 11.5. The minimum absolute atomic E-state index is 0.0798. The number of hydrogen-bond acceptors (Lipinski definition) is 2. The molecule has 0 unspecified atom stereocenters. The van der Waals surface area contributed by atoms with Crippen molar-refractivity contribution in [3.05, 3.63) is 33.8 Å². The molecule has 0 aliphatic rings. The Hall–Kier alpha value is -0.770. The number of aliphatic hydroxyl groups is 1. The molecular formula is C11H13Cl2NO2. The Morgan fingerprint density at radius 2 is 2.12 bits per heavy atom. The van der Waals surface area contributed by atoms with Gasteiger partial charge in [-0.05, 0) is 24.6 Å². The molecule has 0 heterocycles. The molecule has 2 N–H and O–H groups in total. The molecule has 0 spiro atoms. The van der Waals surface area contributed by atoms with Gasteiger partial charge in [0.25, 0.3) is 5.91 Å². The summed E-state index contributed by atoms with van der Waals surface area (Å²) in [6, 6.07) is 4.43. The fraction of sp³-hybridized carbons (Fsp3) is 0.364. The largest absolute Gasteiger partial charge is 0.394 e. The lowest BCUT2D eigenvalue weighted by atomic mass is 10.2. The van der Waals surface area contributed by atoms with Gasteiger partial charge in [-0.2, -0.15) is 0 Å². The third kappa shape index (κ3) is 3.37. The smallest absolute Gasteiger partial charge is 0.251 e. The Kier molecular flexibility index (Phi) is 5.06. The summed E-state index contributed by atoms with van der Waals surface area (Å²) in [7, 11) is 0. The lowest BCUT2D eigenvalue weighted by molar-refractivity contribution is 0.0915. The second-order valence-electron chi connectivity index (χ2n) is 3.39. The number of amides is 1. The third-order valence-electron chi connectivity index (χ3n) is 2.23. The van der Waals surface area contributed by atoms with Gasteiger partial charge < -0.3 is 10.4 Å². The van der Waals surface area contributed by atoms with Gasteiger partial charge in [0.2, 0.25) is 0 Å². The molecule has 3 nitrogen and oxygen atoms in total. The fourth-order valence-corrected chi connectivity index (χ4v) is 1.48. The van der Waals surface area contributed by atoms with Gasteiger partial charge in [0, 0.05) is 5.56 Å². The van der Waals surface area contributed by atoms with E-state index in [1.807, 2.05) is 6.92 Å². The van der Waals surface area contributed by atoms with Crippen molar-refractivity contribution in [3.63, 3.8) is 0 Å². The van der Waals surface area contributed by atoms with Crippen LogP contribution in [0.3, 0.4) is 0 Å². The van der Waals surface area contributed by atoms with Crippen molar-refractivity contribution in [1.82, 2.24) is 5.32 Å². The van der Waals surface area contributed by atoms with Crippen LogP contribution >= 0.6 is 23.2 Å². The number of nitrogens with one attached hydrogen (secondary N) is 1. The van der Waals surface area contributed by atoms with E-state index in [2.05, 4.69) is 5.32 Å². The van der Waals surface area contributed by atoms with Gasteiger partial charge in [-0.1, -0.05) is 30.1 Å². The average Bonchev–Trinajstić information content (AvgIpc) is 2.29. The van der Waals surface area contributed by atoms with E-state index in [0.29, 0.717) is 22.0 Å². The summed E-state index contributed by atoms with van der Waals surface area (Å²) in [5.74, 6) is -0.264. The highest BCUT2D eigenvalue weighted by molar-refractivity contribution is 6.42. The van der Waals surface area contributed by atoms with E-state index in [4.69, 9.17) is 28.3 Å². The minimum Gasteiger partial charge on any atom is -0.394 e. The zero-order chi connectivity index (χ0) is 12.1. The zero-order valence-corrected chi connectivity index (χ0v) is 10.3. The summed E-state index contributed by atoms with van der Waals surface area (Å²) in [5, 5.41) is 12.4. The molecule has 1 rings (SSSR count). The minimum atomic E-state index is -0.264. The maximum absolute atomic E-state index is 11.7. The highest BCUT2D eigenvalue weighted by Crippen LogP contribution is 2.22. The van der Waals surface area contributed by atoms with Crippen molar-refractivity contribution in [3.8, 4) is 0 Å². The summed E-state index contributed by atoms with van der Waals surface area (Å²) in [5.41, 5.74) is 0.432. The van der Waals surface area contributed by atoms with Gasteiger partial charge in [-0.25, -0.2) is 0 Å². The monoisotopic (exact) mass is 261 g/mol. The zero-order valence-electron chi connectivity index (χ0n) is 8.84. The fourth-order valence-electron chi connectivity index (χ4n) is 1.18. The van der Waals surface area contributed by atoms with Gasteiger partial charge in [-0.3, -0.25) is 4.79 Å². The van der Waals surface area contributed by atoms with E-state index in [1.54, 1.807) is 12.1 Å². The highest BCUT2D eigenvalue weighted by atomic mass is 35.5. The molecule has 0 aliphatic carbocycles. The van der Waals surface area contributed by atoms with Crippen LogP contribution in [0.4, 0.5) is 0 Å². The highest BCUT2D eigenvalue weighted by Gasteiger charge is 2.12. The first-order valence-electron chi connectivity index (χ1n) is 4.95. The first-order valence-corrected chi connectivity index (χ1v) is 5.70. The molecule has 1 atom stereocenters. The van der Waals surface area contributed by atoms with Crippen molar-refractivity contribution < 1.29 is 9.90 Å². The van der Waals surface area contributed by atoms with Crippen LogP contribution in [0.15, 0.2) is 18.2 Å². The van der Waals surface area contributed by atoms with Gasteiger partial charge >= 0.3 is 0 Å². The first-order chi connectivity index (χ1) is 7.58. The standard InChI is InChI=1S/C11H13Cl2NO2/c1-2-8(6-15)14-11(16)7-3-4-9(12)10(13)5-7/h3-5,8,15H,2,6H2,1H3,(H,14,16)/t8-/m1/s1. The quantitative estimate of drug-likeness (QED) is 0.875. The molecular weight excluding hydrogens is 249 g/mol. The molecule has 1 aromatic carbocycles.